The Kier molecular flexibility index (Phi) is 33.1. The molecule has 24 nitrogen and oxygen atoms in total. The van der Waals surface area contributed by atoms with Crippen molar-refractivity contribution in [3.05, 3.63) is 65.8 Å². The number of azide groups is 1. The monoisotopic (exact) mass is 1170 g/mol. The van der Waals surface area contributed by atoms with Gasteiger partial charge in [-0.25, -0.2) is 18.7 Å². The van der Waals surface area contributed by atoms with E-state index in [-0.39, 0.29) is 30.1 Å². The molecule has 0 radical (unpaired) electrons. The number of rotatable bonds is 45. The third-order valence-electron chi connectivity index (χ3n) is 14.3. The number of ether oxygens (including phenoxy) is 3. The fraction of sp³-hybridized carbons (Fsp3) is 0.815. The predicted molar refractivity (Wildman–Crippen MR) is 302 cm³/mol. The van der Waals surface area contributed by atoms with Gasteiger partial charge in [0.25, 0.3) is 5.56 Å². The number of esters is 1. The molecule has 0 bridgehead atoms. The van der Waals surface area contributed by atoms with E-state index in [0.29, 0.717) is 25.7 Å². The fourth-order valence-electron chi connectivity index (χ4n) is 9.67. The number of anilines is 1. The van der Waals surface area contributed by atoms with Crippen LogP contribution in [0.3, 0.4) is 0 Å². The second kappa shape index (κ2) is 38.7. The quantitative estimate of drug-likeness (QED) is 0.0120. The van der Waals surface area contributed by atoms with Crippen molar-refractivity contribution in [2.24, 2.45) is 5.11 Å². The Morgan fingerprint density at radius 1 is 0.738 bits per heavy atom. The van der Waals surface area contributed by atoms with Gasteiger partial charge < -0.3 is 29.3 Å². The predicted octanol–water partition coefficient (Wildman–Crippen LogP) is 11.8. The Labute approximate surface area is 471 Å². The van der Waals surface area contributed by atoms with Crippen molar-refractivity contribution in [2.75, 3.05) is 31.7 Å². The van der Waals surface area contributed by atoms with Gasteiger partial charge in [-0.1, -0.05) is 173 Å². The zero-order valence-corrected chi connectivity index (χ0v) is 49.4. The van der Waals surface area contributed by atoms with Gasteiger partial charge >= 0.3 is 33.0 Å². The van der Waals surface area contributed by atoms with Crippen LogP contribution in [0.4, 0.5) is 5.82 Å². The summed E-state index contributed by atoms with van der Waals surface area (Å²) in [5.41, 5.74) is 7.34. The summed E-state index contributed by atoms with van der Waals surface area (Å²) in [6.07, 6.45) is 28.4. The maximum absolute atomic E-state index is 13.2. The minimum atomic E-state index is -5.01. The molecular formula is C54H92N8O16P2. The number of H-pyrrole nitrogens is 1. The summed E-state index contributed by atoms with van der Waals surface area (Å²) >= 11 is 0. The Morgan fingerprint density at radius 2 is 1.25 bits per heavy atom. The summed E-state index contributed by atoms with van der Waals surface area (Å²) < 4.78 is 66.8. The van der Waals surface area contributed by atoms with Crippen LogP contribution in [0.1, 0.15) is 231 Å². The van der Waals surface area contributed by atoms with Crippen molar-refractivity contribution in [3.8, 4) is 0 Å². The molecule has 2 aromatic rings. The fourth-order valence-corrected chi connectivity index (χ4v) is 11.2. The zero-order chi connectivity index (χ0) is 58.0. The first-order valence-electron chi connectivity index (χ1n) is 29.5. The number of aromatic amines is 1. The molecule has 4 N–H and O–H groups in total. The molecule has 0 aromatic carbocycles. The number of aromatic nitrogens is 4. The Bertz CT molecular complexity index is 2450. The first kappa shape index (κ1) is 68.4. The number of nitrogens with one attached hydrogen (secondary N) is 2. The number of hydrogen-bond acceptors (Lipinski definition) is 16. The van der Waals surface area contributed by atoms with E-state index >= 15 is 0 Å². The van der Waals surface area contributed by atoms with E-state index in [9.17, 15) is 42.9 Å². The maximum Gasteiger partial charge on any atom is 0.472 e. The van der Waals surface area contributed by atoms with Crippen LogP contribution in [0.15, 0.2) is 38.0 Å². The highest BCUT2D eigenvalue weighted by Crippen LogP contribution is 2.47. The molecule has 80 heavy (non-hydrogen) atoms. The molecule has 2 aliphatic rings. The van der Waals surface area contributed by atoms with Gasteiger partial charge in [0.15, 0.2) is 0 Å². The largest absolute Gasteiger partial charge is 0.472 e. The van der Waals surface area contributed by atoms with Gasteiger partial charge in [0.05, 0.1) is 44.7 Å². The summed E-state index contributed by atoms with van der Waals surface area (Å²) in [7, 11) is -9.90. The summed E-state index contributed by atoms with van der Waals surface area (Å²) in [6, 6.07) is 0.537. The molecule has 26 heteroatoms. The van der Waals surface area contributed by atoms with Crippen LogP contribution in [0.25, 0.3) is 10.4 Å². The molecule has 2 saturated heterocycles. The van der Waals surface area contributed by atoms with E-state index in [1.807, 2.05) is 0 Å². The van der Waals surface area contributed by atoms with Crippen LogP contribution in [0.2, 0.25) is 0 Å². The van der Waals surface area contributed by atoms with Crippen LogP contribution in [-0.2, 0) is 51.0 Å². The lowest BCUT2D eigenvalue weighted by Gasteiger charge is -2.22. The number of nitrogens with zero attached hydrogens (tertiary/aromatic N) is 6. The van der Waals surface area contributed by atoms with Crippen LogP contribution < -0.4 is 22.3 Å². The Morgan fingerprint density at radius 3 is 1.77 bits per heavy atom. The Hall–Kier alpha value is -4.05. The highest BCUT2D eigenvalue weighted by atomic mass is 31.2. The highest BCUT2D eigenvalue weighted by molar-refractivity contribution is 7.47. The second-order valence-corrected chi connectivity index (χ2v) is 24.1. The summed E-state index contributed by atoms with van der Waals surface area (Å²) in [5, 5.41) is 6.36. The molecule has 0 spiro atoms. The summed E-state index contributed by atoms with van der Waals surface area (Å²) in [6.45, 7) is 3.17. The number of aryl methyl sites for hydroxylation is 1. The van der Waals surface area contributed by atoms with Crippen LogP contribution in [0, 0.1) is 6.92 Å². The normalized spacial score (nSPS) is 20.0. The number of amides is 1. The first-order chi connectivity index (χ1) is 38.5. The van der Waals surface area contributed by atoms with Gasteiger partial charge in [0.2, 0.25) is 5.91 Å². The summed E-state index contributed by atoms with van der Waals surface area (Å²) in [5.74, 6) is -0.812. The van der Waals surface area contributed by atoms with Crippen LogP contribution in [-0.4, -0.2) is 91.5 Å². The minimum Gasteiger partial charge on any atom is -0.457 e. The molecule has 2 aromatic heterocycles. The van der Waals surface area contributed by atoms with Gasteiger partial charge in [0.1, 0.15) is 24.4 Å². The number of phosphoric acid groups is 2. The number of carbonyl (C=O) groups is 2. The van der Waals surface area contributed by atoms with Crippen LogP contribution in [0.5, 0.6) is 0 Å². The summed E-state index contributed by atoms with van der Waals surface area (Å²) in [4.78, 5) is 93.4. The van der Waals surface area contributed by atoms with Crippen molar-refractivity contribution in [1.29, 1.82) is 0 Å². The lowest BCUT2D eigenvalue weighted by atomic mass is 10.0. The second-order valence-electron chi connectivity index (χ2n) is 21.2. The van der Waals surface area contributed by atoms with Crippen molar-refractivity contribution in [2.45, 2.75) is 257 Å². The van der Waals surface area contributed by atoms with Crippen molar-refractivity contribution in [3.63, 3.8) is 0 Å². The third-order valence-corrected chi connectivity index (χ3v) is 16.2. The van der Waals surface area contributed by atoms with E-state index in [2.05, 4.69) is 39.2 Å². The number of phosphoric ester groups is 2. The van der Waals surface area contributed by atoms with E-state index in [1.54, 1.807) is 0 Å². The highest BCUT2D eigenvalue weighted by Gasteiger charge is 2.39. The minimum absolute atomic E-state index is 0.0105. The topological polar surface area (TPSA) is 324 Å². The molecular weight excluding hydrogens is 1080 g/mol. The van der Waals surface area contributed by atoms with Gasteiger partial charge in [-0.05, 0) is 44.2 Å². The molecule has 4 heterocycles. The number of hydrogen-bond donors (Lipinski definition) is 4. The van der Waals surface area contributed by atoms with Crippen molar-refractivity contribution in [1.82, 2.24) is 19.1 Å². The zero-order valence-electron chi connectivity index (χ0n) is 47.6. The average molecular weight is 1170 g/mol. The van der Waals surface area contributed by atoms with E-state index in [1.165, 1.54) is 139 Å². The van der Waals surface area contributed by atoms with E-state index in [0.717, 1.165) is 55.9 Å². The van der Waals surface area contributed by atoms with E-state index < -0.39 is 102 Å². The van der Waals surface area contributed by atoms with Gasteiger partial charge in [-0.15, -0.1) is 0 Å². The van der Waals surface area contributed by atoms with Gasteiger partial charge in [0, 0.05) is 42.1 Å². The molecule has 0 aliphatic carbocycles. The molecule has 454 valence electrons. The molecule has 4 rings (SSSR count). The molecule has 0 saturated carbocycles. The third kappa shape index (κ3) is 27.8. The van der Waals surface area contributed by atoms with Crippen LogP contribution >= 0.6 is 15.6 Å². The smallest absolute Gasteiger partial charge is 0.457 e. The standard InChI is InChI=1S/C54H92N8O16P2/c1-4-6-8-10-12-14-16-18-20-22-24-26-28-30-48(63)56-47-34-35-61(53(66)57-47)49-33-32-43(76-49)38-72-79(68,69)73-39-44(77-51(64)31-29-27-25-23-21-19-17-15-13-11-9-7-5-2)40-74-80(70,71)75-41-46-45(59-60-55)36-50(78-46)62-37-42(3)52(65)58-54(62)67/h34-35,37,43-46,49-50H,4-33,36,38-41H2,1-3H3,(H,68,69)(H,70,71)(H,58,65,67)(H,56,57,63,66)/t43-,44?,45-,46+,49-,50+/m0/s1. The molecule has 1 amide bonds. The molecule has 8 atom stereocenters. The lowest BCUT2D eigenvalue weighted by Crippen LogP contribution is -2.33. The van der Waals surface area contributed by atoms with Crippen molar-refractivity contribution < 1.29 is 60.8 Å². The first-order valence-corrected chi connectivity index (χ1v) is 32.5. The van der Waals surface area contributed by atoms with E-state index in [4.69, 9.17) is 37.8 Å². The van der Waals surface area contributed by atoms with Gasteiger partial charge in [-0.2, -0.15) is 4.98 Å². The molecule has 3 unspecified atom stereocenters. The molecule has 2 fully saturated rings. The average Bonchev–Trinajstić information content (AvgIpc) is 4.07. The SMILES string of the molecule is CCCCCCCCCCCCCCCC(=O)Nc1ccn([C@@H]2CC[C@@H](COP(=O)(O)OCC(COP(=O)(O)OC[C@H]3O[C@@H](n4cc(C)c(=O)[nH]c4=O)C[C@@H]3N=[N+]=[N-])OC(=O)CCCCCCCCCCCCCCC)O2)c(=O)n1. The number of carbonyl (C=O) groups excluding carboxylic acids is 2. The Balaban J connectivity index is 1.22. The maximum atomic E-state index is 13.2. The van der Waals surface area contributed by atoms with Crippen molar-refractivity contribution >= 4 is 33.3 Å². The van der Waals surface area contributed by atoms with Gasteiger partial charge in [-0.3, -0.25) is 46.6 Å². The molecule has 2 aliphatic heterocycles. The number of unbranched alkanes of at least 4 members (excludes halogenated alkanes) is 24. The lowest BCUT2D eigenvalue weighted by molar-refractivity contribution is -0.153.